The maximum Gasteiger partial charge on any atom is 0.341 e. The second-order valence-corrected chi connectivity index (χ2v) is 6.93. The second-order valence-electron chi connectivity index (χ2n) is 5.47. The van der Waals surface area contributed by atoms with Crippen LogP contribution in [0, 0.1) is 6.92 Å². The zero-order chi connectivity index (χ0) is 20.0. The monoisotopic (exact) mass is 409 g/mol. The van der Waals surface area contributed by atoms with Crippen LogP contribution in [0.15, 0.2) is 24.3 Å². The summed E-state index contributed by atoms with van der Waals surface area (Å²) in [5.41, 5.74) is 1.40. The molecule has 1 heterocycles. The van der Waals surface area contributed by atoms with E-state index in [1.165, 1.54) is 7.05 Å². The Morgan fingerprint density at radius 3 is 2.44 bits per heavy atom. The highest BCUT2D eigenvalue weighted by atomic mass is 35.5. The molecule has 3 N–H and O–H groups in total. The highest BCUT2D eigenvalue weighted by Gasteiger charge is 2.26. The van der Waals surface area contributed by atoms with Crippen LogP contribution in [0.5, 0.6) is 0 Å². The summed E-state index contributed by atoms with van der Waals surface area (Å²) in [6, 6.07) is 6.91. The van der Waals surface area contributed by atoms with Crippen LogP contribution in [-0.2, 0) is 9.53 Å². The number of benzene rings is 1. The maximum absolute atomic E-state index is 12.3. The highest BCUT2D eigenvalue weighted by molar-refractivity contribution is 7.18. The third-order valence-corrected chi connectivity index (χ3v) is 5.07. The van der Waals surface area contributed by atoms with Gasteiger partial charge in [0, 0.05) is 17.8 Å². The molecule has 144 valence electrons. The van der Waals surface area contributed by atoms with Gasteiger partial charge in [0.1, 0.15) is 5.00 Å². The zero-order valence-electron chi connectivity index (χ0n) is 15.1. The van der Waals surface area contributed by atoms with Crippen LogP contribution in [0.25, 0.3) is 0 Å². The smallest absolute Gasteiger partial charge is 0.341 e. The molecule has 0 saturated heterocycles. The van der Waals surface area contributed by atoms with E-state index in [9.17, 15) is 14.4 Å². The predicted molar refractivity (Wildman–Crippen MR) is 107 cm³/mol. The molecule has 0 atom stereocenters. The summed E-state index contributed by atoms with van der Waals surface area (Å²) >= 11 is 6.86. The molecule has 2 rings (SSSR count). The molecule has 0 aliphatic heterocycles. The van der Waals surface area contributed by atoms with Gasteiger partial charge in [-0.1, -0.05) is 11.6 Å². The lowest BCUT2D eigenvalue weighted by molar-refractivity contribution is -0.114. The molecule has 0 unspecified atom stereocenters. The lowest BCUT2D eigenvalue weighted by Gasteiger charge is -2.09. The fraction of sp³-hybridized carbons (Fsp3) is 0.278. The van der Waals surface area contributed by atoms with E-state index in [-0.39, 0.29) is 35.5 Å². The number of carbonyl (C=O) groups excluding carboxylic acids is 3. The first-order chi connectivity index (χ1) is 12.9. The summed E-state index contributed by atoms with van der Waals surface area (Å²) in [6.45, 7) is 3.51. The number of ether oxygens (including phenoxy) is 1. The van der Waals surface area contributed by atoms with Crippen molar-refractivity contribution in [3.63, 3.8) is 0 Å². The summed E-state index contributed by atoms with van der Waals surface area (Å²) in [7, 11) is 1.50. The molecule has 0 spiro atoms. The number of nitrogens with one attached hydrogen (secondary N) is 3. The lowest BCUT2D eigenvalue weighted by Crippen LogP contribution is -2.22. The third kappa shape index (κ3) is 5.21. The minimum Gasteiger partial charge on any atom is -0.462 e. The van der Waals surface area contributed by atoms with E-state index in [0.29, 0.717) is 15.5 Å². The van der Waals surface area contributed by atoms with Gasteiger partial charge in [0.2, 0.25) is 5.91 Å². The number of carbonyl (C=O) groups is 3. The molecule has 1 aromatic heterocycles. The number of hydrogen-bond donors (Lipinski definition) is 3. The van der Waals surface area contributed by atoms with Crippen LogP contribution in [0.1, 0.15) is 32.5 Å². The molecule has 9 heteroatoms. The molecule has 27 heavy (non-hydrogen) atoms. The van der Waals surface area contributed by atoms with Crippen molar-refractivity contribution in [1.82, 2.24) is 5.32 Å². The normalized spacial score (nSPS) is 10.2. The Balaban J connectivity index is 2.17. The van der Waals surface area contributed by atoms with Crippen LogP contribution >= 0.6 is 22.9 Å². The Labute approximate surface area is 166 Å². The molecule has 0 aliphatic rings. The average Bonchev–Trinajstić information content (AvgIpc) is 2.96. The van der Waals surface area contributed by atoms with Crippen molar-refractivity contribution >= 4 is 51.4 Å². The highest BCUT2D eigenvalue weighted by Crippen LogP contribution is 2.33. The molecule has 0 fully saturated rings. The number of thiophene rings is 1. The number of anilines is 2. The standard InChI is InChI=1S/C18H20ClN3O4S/c1-4-26-18(25)14-10(2)15(16(24)20-3)27-17(14)22-13(23)9-21-12-7-5-11(19)6-8-12/h5-8,21H,4,9H2,1-3H3,(H,20,24)(H,22,23). The molecular formula is C18H20ClN3O4S. The topological polar surface area (TPSA) is 96.5 Å². The summed E-state index contributed by atoms with van der Waals surface area (Å²) in [6.07, 6.45) is 0. The molecule has 2 amide bonds. The first-order valence-electron chi connectivity index (χ1n) is 8.19. The molecule has 0 bridgehead atoms. The fourth-order valence-electron chi connectivity index (χ4n) is 2.30. The minimum atomic E-state index is -0.581. The van der Waals surface area contributed by atoms with Crippen LogP contribution in [-0.4, -0.2) is 38.0 Å². The summed E-state index contributed by atoms with van der Waals surface area (Å²) in [5, 5.41) is 9.04. The molecule has 0 radical (unpaired) electrons. The van der Waals surface area contributed by atoms with E-state index >= 15 is 0 Å². The van der Waals surface area contributed by atoms with Crippen molar-refractivity contribution in [3.8, 4) is 0 Å². The van der Waals surface area contributed by atoms with E-state index in [1.54, 1.807) is 38.1 Å². The largest absolute Gasteiger partial charge is 0.462 e. The van der Waals surface area contributed by atoms with Gasteiger partial charge < -0.3 is 20.7 Å². The SMILES string of the molecule is CCOC(=O)c1c(NC(=O)CNc2ccc(Cl)cc2)sc(C(=O)NC)c1C. The second kappa shape index (κ2) is 9.38. The predicted octanol–water partition coefficient (Wildman–Crippen LogP) is 3.30. The van der Waals surface area contributed by atoms with Crippen LogP contribution in [0.4, 0.5) is 10.7 Å². The number of hydrogen-bond acceptors (Lipinski definition) is 6. The minimum absolute atomic E-state index is 0.0177. The maximum atomic E-state index is 12.3. The van der Waals surface area contributed by atoms with Crippen molar-refractivity contribution in [2.75, 3.05) is 30.8 Å². The third-order valence-electron chi connectivity index (χ3n) is 3.61. The van der Waals surface area contributed by atoms with E-state index in [4.69, 9.17) is 16.3 Å². The summed E-state index contributed by atoms with van der Waals surface area (Å²) < 4.78 is 5.05. The molecule has 7 nitrogen and oxygen atoms in total. The Bertz CT molecular complexity index is 849. The number of rotatable bonds is 7. The molecule has 1 aromatic carbocycles. The molecular weight excluding hydrogens is 390 g/mol. The zero-order valence-corrected chi connectivity index (χ0v) is 16.7. The average molecular weight is 410 g/mol. The fourth-order valence-corrected chi connectivity index (χ4v) is 3.58. The van der Waals surface area contributed by atoms with Gasteiger partial charge in [-0.25, -0.2) is 4.79 Å². The Hall–Kier alpha value is -2.58. The summed E-state index contributed by atoms with van der Waals surface area (Å²) in [5.74, 6) is -1.27. The van der Waals surface area contributed by atoms with Crippen LogP contribution in [0.3, 0.4) is 0 Å². The van der Waals surface area contributed by atoms with Crippen molar-refractivity contribution in [1.29, 1.82) is 0 Å². The van der Waals surface area contributed by atoms with E-state index in [2.05, 4.69) is 16.0 Å². The van der Waals surface area contributed by atoms with E-state index < -0.39 is 5.97 Å². The molecule has 0 aliphatic carbocycles. The van der Waals surface area contributed by atoms with Gasteiger partial charge in [-0.15, -0.1) is 11.3 Å². The van der Waals surface area contributed by atoms with Gasteiger partial charge >= 0.3 is 5.97 Å². The number of amides is 2. The first-order valence-corrected chi connectivity index (χ1v) is 9.38. The number of halogens is 1. The van der Waals surface area contributed by atoms with Crippen molar-refractivity contribution in [3.05, 3.63) is 45.3 Å². The number of esters is 1. The van der Waals surface area contributed by atoms with Gasteiger partial charge in [0.25, 0.3) is 5.91 Å². The Morgan fingerprint density at radius 2 is 1.85 bits per heavy atom. The Kier molecular flexibility index (Phi) is 7.20. The molecule has 0 saturated carbocycles. The van der Waals surface area contributed by atoms with E-state index in [0.717, 1.165) is 17.0 Å². The lowest BCUT2D eigenvalue weighted by atomic mass is 10.1. The van der Waals surface area contributed by atoms with Crippen LogP contribution < -0.4 is 16.0 Å². The first kappa shape index (κ1) is 20.7. The van der Waals surface area contributed by atoms with Crippen molar-refractivity contribution < 1.29 is 19.1 Å². The van der Waals surface area contributed by atoms with Crippen molar-refractivity contribution in [2.45, 2.75) is 13.8 Å². The van der Waals surface area contributed by atoms with Crippen LogP contribution in [0.2, 0.25) is 5.02 Å². The van der Waals surface area contributed by atoms with Gasteiger partial charge in [-0.2, -0.15) is 0 Å². The Morgan fingerprint density at radius 1 is 1.19 bits per heavy atom. The quantitative estimate of drug-likeness (QED) is 0.610. The van der Waals surface area contributed by atoms with Gasteiger partial charge in [0.05, 0.1) is 23.6 Å². The van der Waals surface area contributed by atoms with Gasteiger partial charge in [0.15, 0.2) is 0 Å². The van der Waals surface area contributed by atoms with E-state index in [1.807, 2.05) is 0 Å². The molecule has 2 aromatic rings. The summed E-state index contributed by atoms with van der Waals surface area (Å²) in [4.78, 5) is 36.9. The van der Waals surface area contributed by atoms with Gasteiger partial charge in [-0.05, 0) is 43.7 Å². The van der Waals surface area contributed by atoms with Crippen molar-refractivity contribution in [2.24, 2.45) is 0 Å². The van der Waals surface area contributed by atoms with Gasteiger partial charge in [-0.3, -0.25) is 9.59 Å².